The molecule has 0 saturated heterocycles. The minimum absolute atomic E-state index is 0.0789. The third-order valence-electron chi connectivity index (χ3n) is 12.8. The fraction of sp³-hybridized carbons (Fsp3) is 0.870. The molecule has 0 spiro atoms. The first kappa shape index (κ1) is 63.6. The Balaban J connectivity index is 2.30. The van der Waals surface area contributed by atoms with Crippen molar-refractivity contribution in [1.82, 2.24) is 0 Å². The van der Waals surface area contributed by atoms with Gasteiger partial charge in [-0.1, -0.05) is 224 Å². The second-order valence-corrected chi connectivity index (χ2v) is 20.5. The molecule has 0 aromatic rings. The highest BCUT2D eigenvalue weighted by Gasteiger charge is 2.51. The number of phosphoric acid groups is 1. The molecule has 0 radical (unpaired) electrons. The van der Waals surface area contributed by atoms with E-state index < -0.39 is 63.1 Å². The first-order valence-corrected chi connectivity index (χ1v) is 28.8. The van der Waals surface area contributed by atoms with E-state index in [1.165, 1.54) is 141 Å². The van der Waals surface area contributed by atoms with Crippen molar-refractivity contribution in [1.29, 1.82) is 0 Å². The summed E-state index contributed by atoms with van der Waals surface area (Å²) in [5, 5.41) is 50.4. The van der Waals surface area contributed by atoms with Crippen molar-refractivity contribution >= 4 is 13.8 Å². The number of unbranched alkanes of at least 4 members (excludes halogenated alkanes) is 29. The van der Waals surface area contributed by atoms with Gasteiger partial charge in [-0.2, -0.15) is 0 Å². The van der Waals surface area contributed by atoms with Crippen LogP contribution in [0.2, 0.25) is 0 Å². The quantitative estimate of drug-likeness (QED) is 0.0147. The Kier molecular flexibility index (Phi) is 42.2. The number of carbonyl (C=O) groups excluding carboxylic acids is 1. The fourth-order valence-corrected chi connectivity index (χ4v) is 9.46. The van der Waals surface area contributed by atoms with E-state index >= 15 is 0 Å². The van der Waals surface area contributed by atoms with Crippen molar-refractivity contribution in [2.24, 2.45) is 0 Å². The first-order valence-electron chi connectivity index (χ1n) is 27.3. The van der Waals surface area contributed by atoms with Crippen molar-refractivity contribution in [3.05, 3.63) is 36.5 Å². The lowest BCUT2D eigenvalue weighted by atomic mass is 9.85. The predicted octanol–water partition coefficient (Wildman–Crippen LogP) is 12.6. The van der Waals surface area contributed by atoms with Gasteiger partial charge >= 0.3 is 13.8 Å². The van der Waals surface area contributed by atoms with Crippen LogP contribution in [0.4, 0.5) is 0 Å². The van der Waals surface area contributed by atoms with Gasteiger partial charge in [0.25, 0.3) is 0 Å². The zero-order valence-corrected chi connectivity index (χ0v) is 43.4. The SMILES string of the molecule is CC/C=C\C/C=C\C/C=C\CCCCCCCCCCOCC(COP(=O)(O)OC1C(O)C(O)C(O)C(O)C1O)OC(=O)CCCCCCCCCCCCCCCCCCCCCCCC. The Morgan fingerprint density at radius 2 is 0.881 bits per heavy atom. The molecule has 13 heteroatoms. The Bertz CT molecular complexity index is 1250. The largest absolute Gasteiger partial charge is 0.472 e. The first-order chi connectivity index (χ1) is 32.5. The summed E-state index contributed by atoms with van der Waals surface area (Å²) in [6.45, 7) is 4.18. The highest BCUT2D eigenvalue weighted by molar-refractivity contribution is 7.47. The number of aliphatic hydroxyl groups is 5. The molecule has 1 rings (SSSR count). The lowest BCUT2D eigenvalue weighted by Gasteiger charge is -2.41. The van der Waals surface area contributed by atoms with Gasteiger partial charge in [0.05, 0.1) is 13.2 Å². The summed E-state index contributed by atoms with van der Waals surface area (Å²) in [5.74, 6) is -0.475. The monoisotopic (exact) mass is 973 g/mol. The van der Waals surface area contributed by atoms with Crippen molar-refractivity contribution in [2.45, 2.75) is 281 Å². The average molecular weight is 973 g/mol. The number of carbonyl (C=O) groups is 1. The van der Waals surface area contributed by atoms with E-state index in [9.17, 15) is 39.8 Å². The van der Waals surface area contributed by atoms with Gasteiger partial charge in [-0.25, -0.2) is 4.57 Å². The topological polar surface area (TPSA) is 192 Å². The maximum atomic E-state index is 12.9. The molecule has 6 unspecified atom stereocenters. The molecule has 0 bridgehead atoms. The third-order valence-corrected chi connectivity index (χ3v) is 13.8. The highest BCUT2D eigenvalue weighted by Crippen LogP contribution is 2.47. The van der Waals surface area contributed by atoms with E-state index in [1.807, 2.05) is 0 Å². The van der Waals surface area contributed by atoms with Gasteiger partial charge in [-0.3, -0.25) is 13.8 Å². The molecule has 1 aliphatic rings. The molecule has 0 aromatic heterocycles. The van der Waals surface area contributed by atoms with Crippen LogP contribution in [-0.4, -0.2) is 98.9 Å². The third kappa shape index (κ3) is 36.2. The molecular formula is C54H101O12P. The molecule has 1 aliphatic carbocycles. The van der Waals surface area contributed by atoms with E-state index in [0.29, 0.717) is 13.0 Å². The minimum atomic E-state index is -5.02. The summed E-state index contributed by atoms with van der Waals surface area (Å²) in [7, 11) is -5.02. The van der Waals surface area contributed by atoms with Gasteiger partial charge < -0.3 is 39.9 Å². The standard InChI is InChI=1S/C54H101O12P/c1-3-5-7-9-11-13-15-17-19-21-23-24-25-26-27-29-31-33-35-37-39-41-43-48(55)65-47(46-64-67(61,62)66-54-52(59)50(57)49(56)51(58)53(54)60)45-63-44-42-40-38-36-34-32-30-28-22-20-18-16-14-12-10-8-6-4-2/h6,8,12,14,18,20,47,49-54,56-60H,3-5,7,9-11,13,15-17,19,21-46H2,1-2H3,(H,61,62)/b8-6-,14-12-,20-18-. The fourth-order valence-electron chi connectivity index (χ4n) is 8.49. The smallest absolute Gasteiger partial charge is 0.457 e. The lowest BCUT2D eigenvalue weighted by molar-refractivity contribution is -0.220. The molecule has 12 nitrogen and oxygen atoms in total. The molecule has 67 heavy (non-hydrogen) atoms. The number of hydrogen-bond acceptors (Lipinski definition) is 11. The normalized spacial score (nSPS) is 21.5. The van der Waals surface area contributed by atoms with Crippen LogP contribution >= 0.6 is 7.82 Å². The molecule has 1 saturated carbocycles. The second-order valence-electron chi connectivity index (χ2n) is 19.1. The van der Waals surface area contributed by atoms with E-state index in [0.717, 1.165) is 70.6 Å². The summed E-state index contributed by atoms with van der Waals surface area (Å²) in [4.78, 5) is 23.3. The van der Waals surface area contributed by atoms with Crippen molar-refractivity contribution in [3.63, 3.8) is 0 Å². The number of rotatable bonds is 47. The predicted molar refractivity (Wildman–Crippen MR) is 272 cm³/mol. The van der Waals surface area contributed by atoms with Crippen LogP contribution in [0.15, 0.2) is 36.5 Å². The molecule has 0 aliphatic heterocycles. The van der Waals surface area contributed by atoms with Crippen molar-refractivity contribution in [3.8, 4) is 0 Å². The van der Waals surface area contributed by atoms with Gasteiger partial charge in [0, 0.05) is 13.0 Å². The summed E-state index contributed by atoms with van der Waals surface area (Å²) in [5.41, 5.74) is 0. The van der Waals surface area contributed by atoms with Gasteiger partial charge in [0.15, 0.2) is 0 Å². The Morgan fingerprint density at radius 1 is 0.493 bits per heavy atom. The van der Waals surface area contributed by atoms with Crippen LogP contribution in [0.1, 0.15) is 239 Å². The number of phosphoric ester groups is 1. The van der Waals surface area contributed by atoms with Crippen LogP contribution in [0, 0.1) is 0 Å². The van der Waals surface area contributed by atoms with E-state index in [4.69, 9.17) is 18.5 Å². The zero-order chi connectivity index (χ0) is 49.1. The van der Waals surface area contributed by atoms with Crippen LogP contribution in [0.25, 0.3) is 0 Å². The number of esters is 1. The van der Waals surface area contributed by atoms with Crippen LogP contribution in [0.5, 0.6) is 0 Å². The summed E-state index contributed by atoms with van der Waals surface area (Å²) in [6, 6.07) is 0. The molecule has 394 valence electrons. The Morgan fingerprint density at radius 3 is 1.34 bits per heavy atom. The number of hydrogen-bond donors (Lipinski definition) is 6. The van der Waals surface area contributed by atoms with Crippen molar-refractivity contribution < 1.29 is 58.3 Å². The van der Waals surface area contributed by atoms with E-state index in [2.05, 4.69) is 50.3 Å². The second kappa shape index (κ2) is 44.5. The Labute approximate surface area is 408 Å². The molecule has 0 aromatic carbocycles. The number of allylic oxidation sites excluding steroid dienone is 6. The zero-order valence-electron chi connectivity index (χ0n) is 42.5. The highest BCUT2D eigenvalue weighted by atomic mass is 31.2. The molecule has 0 amide bonds. The molecule has 6 atom stereocenters. The Hall–Kier alpha value is -1.44. The van der Waals surface area contributed by atoms with E-state index in [1.54, 1.807) is 0 Å². The van der Waals surface area contributed by atoms with E-state index in [-0.39, 0.29) is 13.0 Å². The molecular weight excluding hydrogens is 872 g/mol. The van der Waals surface area contributed by atoms with Gasteiger partial charge in [-0.15, -0.1) is 0 Å². The van der Waals surface area contributed by atoms with Gasteiger partial charge in [0.2, 0.25) is 0 Å². The molecule has 0 heterocycles. The minimum Gasteiger partial charge on any atom is -0.457 e. The lowest BCUT2D eigenvalue weighted by Crippen LogP contribution is -2.64. The van der Waals surface area contributed by atoms with Crippen LogP contribution in [-0.2, 0) is 27.9 Å². The summed E-state index contributed by atoms with van der Waals surface area (Å²) >= 11 is 0. The van der Waals surface area contributed by atoms with Gasteiger partial charge in [0.1, 0.15) is 42.7 Å². The number of ether oxygens (including phenoxy) is 2. The summed E-state index contributed by atoms with van der Waals surface area (Å²) < 4.78 is 34.4. The average Bonchev–Trinajstić information content (AvgIpc) is 3.31. The number of aliphatic hydroxyl groups excluding tert-OH is 5. The maximum Gasteiger partial charge on any atom is 0.472 e. The summed E-state index contributed by atoms with van der Waals surface area (Å²) in [6.07, 6.45) is 42.1. The maximum absolute atomic E-state index is 12.9. The molecule has 1 fully saturated rings. The van der Waals surface area contributed by atoms with Gasteiger partial charge in [-0.05, 0) is 44.9 Å². The molecule has 6 N–H and O–H groups in total. The van der Waals surface area contributed by atoms with Crippen LogP contribution in [0.3, 0.4) is 0 Å². The van der Waals surface area contributed by atoms with Crippen LogP contribution < -0.4 is 0 Å². The van der Waals surface area contributed by atoms with Crippen molar-refractivity contribution in [2.75, 3.05) is 19.8 Å².